The van der Waals surface area contributed by atoms with Crippen LogP contribution in [0.2, 0.25) is 0 Å². The van der Waals surface area contributed by atoms with Gasteiger partial charge >= 0.3 is 0 Å². The number of hydrogen-bond acceptors (Lipinski definition) is 4. The lowest BCUT2D eigenvalue weighted by Gasteiger charge is -2.15. The average molecular weight is 306 g/mol. The standard InChI is InChI=1S/C15H18N2OS2/c1-10(11-6-7-11)16-14(18)9-20-15-17-13-5-3-2-4-12(13)8-19-15/h2-5,10-11H,6-9H2,1H3,(H,16,18). The molecule has 1 heterocycles. The fourth-order valence-electron chi connectivity index (χ4n) is 2.22. The highest BCUT2D eigenvalue weighted by Crippen LogP contribution is 2.35. The normalized spacial score (nSPS) is 18.9. The van der Waals surface area contributed by atoms with E-state index in [1.165, 1.54) is 18.4 Å². The van der Waals surface area contributed by atoms with Gasteiger partial charge in [0.1, 0.15) is 4.38 Å². The van der Waals surface area contributed by atoms with E-state index in [9.17, 15) is 4.79 Å². The molecule has 2 aliphatic rings. The van der Waals surface area contributed by atoms with Gasteiger partial charge in [0, 0.05) is 11.8 Å². The Bertz CT molecular complexity index is 540. The van der Waals surface area contributed by atoms with Gasteiger partial charge in [-0.3, -0.25) is 4.79 Å². The number of benzene rings is 1. The molecule has 5 heteroatoms. The van der Waals surface area contributed by atoms with Crippen molar-refractivity contribution in [2.75, 3.05) is 5.75 Å². The maximum atomic E-state index is 11.9. The van der Waals surface area contributed by atoms with Crippen molar-refractivity contribution in [2.45, 2.75) is 31.6 Å². The minimum atomic E-state index is 0.122. The number of thioether (sulfide) groups is 2. The number of hydrogen-bond donors (Lipinski definition) is 1. The lowest BCUT2D eigenvalue weighted by molar-refractivity contribution is -0.119. The Morgan fingerprint density at radius 1 is 1.50 bits per heavy atom. The average Bonchev–Trinajstić information content (AvgIpc) is 3.29. The Kier molecular flexibility index (Phi) is 4.36. The molecule has 1 N–H and O–H groups in total. The fourth-order valence-corrected chi connectivity index (χ4v) is 4.10. The monoisotopic (exact) mass is 306 g/mol. The van der Waals surface area contributed by atoms with Gasteiger partial charge in [0.2, 0.25) is 5.91 Å². The summed E-state index contributed by atoms with van der Waals surface area (Å²) in [5.74, 6) is 2.24. The third-order valence-corrected chi connectivity index (χ3v) is 5.84. The minimum absolute atomic E-state index is 0.122. The SMILES string of the molecule is CC(NC(=O)CSC1=Nc2ccccc2CS1)C1CC1. The number of fused-ring (bicyclic) bond motifs is 1. The van der Waals surface area contributed by atoms with Gasteiger partial charge in [0.05, 0.1) is 11.4 Å². The Balaban J connectivity index is 1.51. The molecular weight excluding hydrogens is 288 g/mol. The Hall–Kier alpha value is -0.940. The third kappa shape index (κ3) is 3.58. The second kappa shape index (κ2) is 6.22. The summed E-state index contributed by atoms with van der Waals surface area (Å²) in [4.78, 5) is 16.5. The molecule has 3 rings (SSSR count). The maximum Gasteiger partial charge on any atom is 0.230 e. The summed E-state index contributed by atoms with van der Waals surface area (Å²) >= 11 is 3.26. The van der Waals surface area contributed by atoms with E-state index in [4.69, 9.17) is 0 Å². The number of para-hydroxylation sites is 1. The first kappa shape index (κ1) is 14.0. The predicted octanol–water partition coefficient (Wildman–Crippen LogP) is 3.57. The van der Waals surface area contributed by atoms with Crippen molar-refractivity contribution in [3.63, 3.8) is 0 Å². The van der Waals surface area contributed by atoms with E-state index in [1.807, 2.05) is 18.2 Å². The molecule has 1 aliphatic heterocycles. The number of nitrogens with zero attached hydrogens (tertiary/aromatic N) is 1. The van der Waals surface area contributed by atoms with E-state index in [0.29, 0.717) is 17.7 Å². The van der Waals surface area contributed by atoms with Gasteiger partial charge in [-0.2, -0.15) is 0 Å². The maximum absolute atomic E-state index is 11.9. The van der Waals surface area contributed by atoms with Crippen molar-refractivity contribution in [1.82, 2.24) is 5.32 Å². The van der Waals surface area contributed by atoms with Gasteiger partial charge in [-0.25, -0.2) is 4.99 Å². The summed E-state index contributed by atoms with van der Waals surface area (Å²) in [6, 6.07) is 8.51. The molecule has 0 aromatic heterocycles. The van der Waals surface area contributed by atoms with Crippen LogP contribution in [0.25, 0.3) is 0 Å². The second-order valence-electron chi connectivity index (χ2n) is 5.28. The van der Waals surface area contributed by atoms with Crippen LogP contribution in [-0.4, -0.2) is 22.1 Å². The molecule has 1 amide bonds. The Labute approximate surface area is 128 Å². The van der Waals surface area contributed by atoms with Crippen LogP contribution in [0.4, 0.5) is 5.69 Å². The van der Waals surface area contributed by atoms with Crippen molar-refractivity contribution in [2.24, 2.45) is 10.9 Å². The molecule has 1 aromatic carbocycles. The van der Waals surface area contributed by atoms with E-state index in [1.54, 1.807) is 23.5 Å². The molecule has 1 saturated carbocycles. The van der Waals surface area contributed by atoms with Crippen molar-refractivity contribution in [1.29, 1.82) is 0 Å². The molecule has 1 fully saturated rings. The van der Waals surface area contributed by atoms with Gasteiger partial charge in [-0.05, 0) is 37.3 Å². The van der Waals surface area contributed by atoms with E-state index >= 15 is 0 Å². The van der Waals surface area contributed by atoms with Crippen LogP contribution in [0.5, 0.6) is 0 Å². The molecule has 1 atom stereocenters. The van der Waals surface area contributed by atoms with E-state index < -0.39 is 0 Å². The summed E-state index contributed by atoms with van der Waals surface area (Å²) < 4.78 is 0.998. The lowest BCUT2D eigenvalue weighted by Crippen LogP contribution is -2.35. The summed E-state index contributed by atoms with van der Waals surface area (Å²) in [7, 11) is 0. The number of carbonyl (C=O) groups is 1. The van der Waals surface area contributed by atoms with E-state index in [-0.39, 0.29) is 5.91 Å². The topological polar surface area (TPSA) is 41.5 Å². The van der Waals surface area contributed by atoms with Crippen LogP contribution in [0.15, 0.2) is 29.3 Å². The summed E-state index contributed by atoms with van der Waals surface area (Å²) in [5.41, 5.74) is 2.31. The molecular formula is C15H18N2OS2. The van der Waals surface area contributed by atoms with E-state index in [0.717, 1.165) is 15.8 Å². The van der Waals surface area contributed by atoms with Gasteiger partial charge in [0.15, 0.2) is 0 Å². The molecule has 0 bridgehead atoms. The van der Waals surface area contributed by atoms with Gasteiger partial charge < -0.3 is 5.32 Å². The van der Waals surface area contributed by atoms with Gasteiger partial charge in [-0.1, -0.05) is 41.7 Å². The molecule has 0 radical (unpaired) electrons. The zero-order valence-electron chi connectivity index (χ0n) is 11.5. The van der Waals surface area contributed by atoms with Crippen molar-refractivity contribution in [3.05, 3.63) is 29.8 Å². The van der Waals surface area contributed by atoms with Crippen molar-refractivity contribution in [3.8, 4) is 0 Å². The zero-order chi connectivity index (χ0) is 13.9. The Morgan fingerprint density at radius 2 is 2.30 bits per heavy atom. The summed E-state index contributed by atoms with van der Waals surface area (Å²) in [6.07, 6.45) is 2.52. The smallest absolute Gasteiger partial charge is 0.230 e. The summed E-state index contributed by atoms with van der Waals surface area (Å²) in [6.45, 7) is 2.10. The molecule has 20 heavy (non-hydrogen) atoms. The molecule has 106 valence electrons. The minimum Gasteiger partial charge on any atom is -0.353 e. The van der Waals surface area contributed by atoms with Crippen LogP contribution in [0.1, 0.15) is 25.3 Å². The highest BCUT2D eigenvalue weighted by molar-refractivity contribution is 8.38. The first-order valence-electron chi connectivity index (χ1n) is 6.94. The second-order valence-corrected chi connectivity index (χ2v) is 7.46. The third-order valence-electron chi connectivity index (χ3n) is 3.60. The highest BCUT2D eigenvalue weighted by Gasteiger charge is 2.28. The molecule has 1 aromatic rings. The zero-order valence-corrected chi connectivity index (χ0v) is 13.1. The Morgan fingerprint density at radius 3 is 3.10 bits per heavy atom. The molecule has 1 aliphatic carbocycles. The van der Waals surface area contributed by atoms with Crippen LogP contribution in [0, 0.1) is 5.92 Å². The first-order chi connectivity index (χ1) is 9.72. The lowest BCUT2D eigenvalue weighted by atomic mass is 10.2. The number of amides is 1. The van der Waals surface area contributed by atoms with Crippen LogP contribution < -0.4 is 5.32 Å². The van der Waals surface area contributed by atoms with Gasteiger partial charge in [0.25, 0.3) is 0 Å². The molecule has 0 spiro atoms. The quantitative estimate of drug-likeness (QED) is 0.924. The fraction of sp³-hybridized carbons (Fsp3) is 0.467. The van der Waals surface area contributed by atoms with E-state index in [2.05, 4.69) is 23.3 Å². The van der Waals surface area contributed by atoms with Crippen LogP contribution in [-0.2, 0) is 10.5 Å². The number of carbonyl (C=O) groups excluding carboxylic acids is 1. The molecule has 3 nitrogen and oxygen atoms in total. The molecule has 0 saturated heterocycles. The molecule has 1 unspecified atom stereocenters. The van der Waals surface area contributed by atoms with Crippen molar-refractivity contribution < 1.29 is 4.79 Å². The number of rotatable bonds is 4. The van der Waals surface area contributed by atoms with Crippen molar-refractivity contribution >= 4 is 39.5 Å². The first-order valence-corrected chi connectivity index (χ1v) is 8.91. The largest absolute Gasteiger partial charge is 0.353 e. The predicted molar refractivity (Wildman–Crippen MR) is 87.6 cm³/mol. The number of nitrogens with one attached hydrogen (secondary N) is 1. The van der Waals surface area contributed by atoms with Crippen LogP contribution in [0.3, 0.4) is 0 Å². The number of aliphatic imine (C=N–C) groups is 1. The highest BCUT2D eigenvalue weighted by atomic mass is 32.2. The van der Waals surface area contributed by atoms with Gasteiger partial charge in [-0.15, -0.1) is 0 Å². The van der Waals surface area contributed by atoms with Crippen LogP contribution >= 0.6 is 23.5 Å². The summed E-state index contributed by atoms with van der Waals surface area (Å²) in [5, 5.41) is 3.08.